The molecular weight excluding hydrogens is 346 g/mol. The third-order valence-corrected chi connectivity index (χ3v) is 5.18. The highest BCUT2D eigenvalue weighted by atomic mass is 15.3. The number of nitrogens with one attached hydrogen (secondary N) is 1. The molecule has 5 nitrogen and oxygen atoms in total. The van der Waals surface area contributed by atoms with Gasteiger partial charge in [0, 0.05) is 44.5 Å². The van der Waals surface area contributed by atoms with Crippen LogP contribution in [0.25, 0.3) is 0 Å². The summed E-state index contributed by atoms with van der Waals surface area (Å²) in [5.41, 5.74) is 5.14. The number of anilines is 3. The second-order valence-corrected chi connectivity index (χ2v) is 7.42. The average molecular weight is 374 g/mol. The molecule has 1 saturated heterocycles. The van der Waals surface area contributed by atoms with Crippen LogP contribution in [0.15, 0.2) is 60.9 Å². The fourth-order valence-corrected chi connectivity index (χ4v) is 3.65. The quantitative estimate of drug-likeness (QED) is 0.731. The Labute approximate surface area is 167 Å². The monoisotopic (exact) mass is 373 g/mol. The molecule has 0 atom stereocenters. The summed E-state index contributed by atoms with van der Waals surface area (Å²) in [6.45, 7) is 8.94. The molecule has 0 unspecified atom stereocenters. The maximum atomic E-state index is 4.50. The van der Waals surface area contributed by atoms with Gasteiger partial charge in [-0.15, -0.1) is 0 Å². The van der Waals surface area contributed by atoms with Crippen LogP contribution in [0.1, 0.15) is 16.7 Å². The zero-order chi connectivity index (χ0) is 19.3. The summed E-state index contributed by atoms with van der Waals surface area (Å²) in [5.74, 6) is 1.86. The van der Waals surface area contributed by atoms with E-state index in [1.54, 1.807) is 6.33 Å². The highest BCUT2D eigenvalue weighted by molar-refractivity contribution is 5.53. The van der Waals surface area contributed by atoms with E-state index in [1.165, 1.54) is 22.4 Å². The molecule has 1 aliphatic heterocycles. The Morgan fingerprint density at radius 3 is 2.29 bits per heavy atom. The van der Waals surface area contributed by atoms with Crippen molar-refractivity contribution in [3.63, 3.8) is 0 Å². The maximum Gasteiger partial charge on any atom is 0.134 e. The molecule has 2 heterocycles. The van der Waals surface area contributed by atoms with Crippen molar-refractivity contribution < 1.29 is 0 Å². The smallest absolute Gasteiger partial charge is 0.134 e. The largest absolute Gasteiger partial charge is 0.368 e. The normalized spacial score (nSPS) is 14.2. The number of hydrogen-bond donors (Lipinski definition) is 1. The standard InChI is InChI=1S/C23H27N5/c1-18-5-3-7-20(13-18)16-24-22-15-23(26-17-25-22)28-11-9-27(10-12-28)21-8-4-6-19(2)14-21/h3-8,13-15,17H,9-12,16H2,1-2H3,(H,24,25,26). The van der Waals surface area contributed by atoms with E-state index in [4.69, 9.17) is 0 Å². The number of aryl methyl sites for hydroxylation is 2. The van der Waals surface area contributed by atoms with Gasteiger partial charge in [0.05, 0.1) is 0 Å². The van der Waals surface area contributed by atoms with E-state index in [1.807, 2.05) is 0 Å². The Kier molecular flexibility index (Phi) is 5.42. The second kappa shape index (κ2) is 8.30. The van der Waals surface area contributed by atoms with Crippen molar-refractivity contribution in [2.45, 2.75) is 20.4 Å². The first-order chi connectivity index (χ1) is 13.7. The minimum absolute atomic E-state index is 0.763. The summed E-state index contributed by atoms with van der Waals surface area (Å²) < 4.78 is 0. The Morgan fingerprint density at radius 2 is 1.54 bits per heavy atom. The minimum atomic E-state index is 0.763. The molecule has 0 aliphatic carbocycles. The van der Waals surface area contributed by atoms with Crippen LogP contribution in [0.3, 0.4) is 0 Å². The van der Waals surface area contributed by atoms with Crippen LogP contribution < -0.4 is 15.1 Å². The average Bonchev–Trinajstić information content (AvgIpc) is 2.73. The Morgan fingerprint density at radius 1 is 0.821 bits per heavy atom. The van der Waals surface area contributed by atoms with E-state index < -0.39 is 0 Å². The van der Waals surface area contributed by atoms with E-state index >= 15 is 0 Å². The fourth-order valence-electron chi connectivity index (χ4n) is 3.65. The van der Waals surface area contributed by atoms with Crippen LogP contribution in [-0.4, -0.2) is 36.1 Å². The van der Waals surface area contributed by atoms with Crippen LogP contribution in [-0.2, 0) is 6.54 Å². The van der Waals surface area contributed by atoms with Gasteiger partial charge in [0.1, 0.15) is 18.0 Å². The summed E-state index contributed by atoms with van der Waals surface area (Å²) >= 11 is 0. The molecule has 4 rings (SSSR count). The molecule has 1 N–H and O–H groups in total. The molecule has 3 aromatic rings. The van der Waals surface area contributed by atoms with Gasteiger partial charge in [-0.05, 0) is 37.1 Å². The third kappa shape index (κ3) is 4.42. The first-order valence-corrected chi connectivity index (χ1v) is 9.85. The Balaban J connectivity index is 1.37. The van der Waals surface area contributed by atoms with Gasteiger partial charge < -0.3 is 15.1 Å². The van der Waals surface area contributed by atoms with Crippen molar-refractivity contribution in [3.8, 4) is 0 Å². The molecule has 2 aromatic carbocycles. The SMILES string of the molecule is Cc1cccc(CNc2cc(N3CCN(c4cccc(C)c4)CC3)ncn2)c1. The fraction of sp³-hybridized carbons (Fsp3) is 0.304. The molecule has 1 fully saturated rings. The van der Waals surface area contributed by atoms with E-state index in [0.29, 0.717) is 0 Å². The van der Waals surface area contributed by atoms with Crippen molar-refractivity contribution in [1.82, 2.24) is 9.97 Å². The lowest BCUT2D eigenvalue weighted by molar-refractivity contribution is 0.646. The molecule has 0 bridgehead atoms. The Hall–Kier alpha value is -3.08. The van der Waals surface area contributed by atoms with Crippen LogP contribution in [0, 0.1) is 13.8 Å². The minimum Gasteiger partial charge on any atom is -0.368 e. The van der Waals surface area contributed by atoms with Gasteiger partial charge in [-0.25, -0.2) is 9.97 Å². The highest BCUT2D eigenvalue weighted by Crippen LogP contribution is 2.21. The Bertz CT molecular complexity index is 932. The zero-order valence-electron chi connectivity index (χ0n) is 16.6. The predicted molar refractivity (Wildman–Crippen MR) is 116 cm³/mol. The van der Waals surface area contributed by atoms with Gasteiger partial charge in [0.2, 0.25) is 0 Å². The van der Waals surface area contributed by atoms with Crippen LogP contribution in [0.5, 0.6) is 0 Å². The molecule has 144 valence electrons. The van der Waals surface area contributed by atoms with Gasteiger partial charge in [-0.1, -0.05) is 42.0 Å². The van der Waals surface area contributed by atoms with Crippen molar-refractivity contribution >= 4 is 17.3 Å². The number of rotatable bonds is 5. The molecule has 0 radical (unpaired) electrons. The van der Waals surface area contributed by atoms with Crippen molar-refractivity contribution in [2.24, 2.45) is 0 Å². The van der Waals surface area contributed by atoms with Crippen molar-refractivity contribution in [2.75, 3.05) is 41.3 Å². The molecule has 1 aromatic heterocycles. The number of piperazine rings is 1. The summed E-state index contributed by atoms with van der Waals surface area (Å²) in [7, 11) is 0. The summed E-state index contributed by atoms with van der Waals surface area (Å²) in [6, 6.07) is 19.3. The second-order valence-electron chi connectivity index (χ2n) is 7.42. The maximum absolute atomic E-state index is 4.50. The van der Waals surface area contributed by atoms with Gasteiger partial charge >= 0.3 is 0 Å². The molecule has 5 heteroatoms. The molecular formula is C23H27N5. The number of nitrogens with zero attached hydrogens (tertiary/aromatic N) is 4. The number of aromatic nitrogens is 2. The van der Waals surface area contributed by atoms with Gasteiger partial charge in [0.25, 0.3) is 0 Å². The predicted octanol–water partition coefficient (Wildman–Crippen LogP) is 4.03. The number of hydrogen-bond acceptors (Lipinski definition) is 5. The van der Waals surface area contributed by atoms with Crippen LogP contribution in [0.4, 0.5) is 17.3 Å². The van der Waals surface area contributed by atoms with E-state index in [2.05, 4.69) is 93.5 Å². The van der Waals surface area contributed by atoms with Crippen molar-refractivity contribution in [3.05, 3.63) is 77.6 Å². The molecule has 0 amide bonds. The highest BCUT2D eigenvalue weighted by Gasteiger charge is 2.18. The third-order valence-electron chi connectivity index (χ3n) is 5.18. The lowest BCUT2D eigenvalue weighted by atomic mass is 10.1. The van der Waals surface area contributed by atoms with Crippen LogP contribution in [0.2, 0.25) is 0 Å². The molecule has 0 spiro atoms. The van der Waals surface area contributed by atoms with Gasteiger partial charge in [-0.2, -0.15) is 0 Å². The van der Waals surface area contributed by atoms with E-state index in [-0.39, 0.29) is 0 Å². The lowest BCUT2D eigenvalue weighted by Crippen LogP contribution is -2.46. The van der Waals surface area contributed by atoms with Gasteiger partial charge in [0.15, 0.2) is 0 Å². The summed E-state index contributed by atoms with van der Waals surface area (Å²) in [5, 5.41) is 3.42. The molecule has 28 heavy (non-hydrogen) atoms. The first kappa shape index (κ1) is 18.3. The van der Waals surface area contributed by atoms with Crippen molar-refractivity contribution in [1.29, 1.82) is 0 Å². The first-order valence-electron chi connectivity index (χ1n) is 9.85. The number of benzene rings is 2. The summed E-state index contributed by atoms with van der Waals surface area (Å²) in [6.07, 6.45) is 1.65. The van der Waals surface area contributed by atoms with E-state index in [0.717, 1.165) is 44.4 Å². The van der Waals surface area contributed by atoms with Gasteiger partial charge in [-0.3, -0.25) is 0 Å². The molecule has 0 saturated carbocycles. The zero-order valence-corrected chi connectivity index (χ0v) is 16.6. The van der Waals surface area contributed by atoms with Crippen LogP contribution >= 0.6 is 0 Å². The topological polar surface area (TPSA) is 44.3 Å². The lowest BCUT2D eigenvalue weighted by Gasteiger charge is -2.36. The molecule has 1 aliphatic rings. The summed E-state index contributed by atoms with van der Waals surface area (Å²) in [4.78, 5) is 13.7. The van der Waals surface area contributed by atoms with E-state index in [9.17, 15) is 0 Å².